The lowest BCUT2D eigenvalue weighted by atomic mass is 10.2. The van der Waals surface area contributed by atoms with Crippen LogP contribution >= 0.6 is 0 Å². The Morgan fingerprint density at radius 3 is 2.45 bits per heavy atom. The summed E-state index contributed by atoms with van der Waals surface area (Å²) in [5.74, 6) is -2.52. The van der Waals surface area contributed by atoms with Gasteiger partial charge in [0.05, 0.1) is 17.1 Å². The molecule has 0 aliphatic carbocycles. The molecule has 0 saturated carbocycles. The number of carbonyl (C=O) groups is 2. The first kappa shape index (κ1) is 24.3. The molecule has 0 radical (unpaired) electrons. The Morgan fingerprint density at radius 2 is 1.88 bits per heavy atom. The van der Waals surface area contributed by atoms with Gasteiger partial charge in [-0.25, -0.2) is 8.42 Å². The number of aliphatic carboxylic acids is 1. The SMILES string of the molecule is O=C(O)[C@H]1CN(C(=O)CNc2cccnc2)CCN1S(=O)(=O)c1ccc(OC(F)(F)F)cc1. The van der Waals surface area contributed by atoms with Crippen LogP contribution in [0.1, 0.15) is 0 Å². The molecule has 1 atom stereocenters. The second-order valence-corrected chi connectivity index (χ2v) is 8.81. The number of nitrogens with zero attached hydrogens (tertiary/aromatic N) is 3. The van der Waals surface area contributed by atoms with E-state index in [4.69, 9.17) is 0 Å². The summed E-state index contributed by atoms with van der Waals surface area (Å²) in [4.78, 5) is 29.0. The minimum atomic E-state index is -4.94. The Kier molecular flexibility index (Phi) is 7.07. The highest BCUT2D eigenvalue weighted by Gasteiger charge is 2.41. The number of amides is 1. The Balaban J connectivity index is 1.70. The average molecular weight is 488 g/mol. The van der Waals surface area contributed by atoms with Gasteiger partial charge in [0.2, 0.25) is 15.9 Å². The molecule has 1 saturated heterocycles. The van der Waals surface area contributed by atoms with Gasteiger partial charge in [-0.15, -0.1) is 13.2 Å². The number of anilines is 1. The fourth-order valence-corrected chi connectivity index (χ4v) is 4.75. The Bertz CT molecular complexity index is 1100. The molecule has 1 aliphatic rings. The van der Waals surface area contributed by atoms with E-state index in [-0.39, 0.29) is 19.6 Å². The van der Waals surface area contributed by atoms with Crippen molar-refractivity contribution in [1.29, 1.82) is 0 Å². The van der Waals surface area contributed by atoms with Crippen molar-refractivity contribution in [3.05, 3.63) is 48.8 Å². The van der Waals surface area contributed by atoms with Gasteiger partial charge in [0.1, 0.15) is 11.8 Å². The van der Waals surface area contributed by atoms with Crippen molar-refractivity contribution in [3.63, 3.8) is 0 Å². The summed E-state index contributed by atoms with van der Waals surface area (Å²) in [5, 5.41) is 12.4. The van der Waals surface area contributed by atoms with Gasteiger partial charge in [0.25, 0.3) is 0 Å². The van der Waals surface area contributed by atoms with Gasteiger partial charge in [0.15, 0.2) is 0 Å². The largest absolute Gasteiger partial charge is 0.573 e. The molecule has 0 bridgehead atoms. The van der Waals surface area contributed by atoms with Crippen LogP contribution in [0.15, 0.2) is 53.7 Å². The first-order chi connectivity index (χ1) is 15.5. The van der Waals surface area contributed by atoms with Gasteiger partial charge >= 0.3 is 12.3 Å². The van der Waals surface area contributed by atoms with Crippen LogP contribution in [0.2, 0.25) is 0 Å². The quantitative estimate of drug-likeness (QED) is 0.598. The van der Waals surface area contributed by atoms with E-state index in [1.807, 2.05) is 0 Å². The summed E-state index contributed by atoms with van der Waals surface area (Å²) in [7, 11) is -4.37. The van der Waals surface area contributed by atoms with E-state index in [2.05, 4.69) is 15.0 Å². The van der Waals surface area contributed by atoms with Crippen molar-refractivity contribution in [3.8, 4) is 5.75 Å². The Morgan fingerprint density at radius 1 is 1.18 bits per heavy atom. The summed E-state index contributed by atoms with van der Waals surface area (Å²) < 4.78 is 67.3. The van der Waals surface area contributed by atoms with Crippen molar-refractivity contribution in [2.75, 3.05) is 31.5 Å². The van der Waals surface area contributed by atoms with E-state index < -0.39 is 51.5 Å². The van der Waals surface area contributed by atoms with Gasteiger partial charge in [-0.2, -0.15) is 4.31 Å². The minimum absolute atomic E-state index is 0.0637. The van der Waals surface area contributed by atoms with Crippen LogP contribution in [-0.2, 0) is 19.6 Å². The monoisotopic (exact) mass is 488 g/mol. The fraction of sp³-hybridized carbons (Fsp3) is 0.316. The highest BCUT2D eigenvalue weighted by atomic mass is 32.2. The number of halogens is 3. The predicted octanol–water partition coefficient (Wildman–Crippen LogP) is 1.38. The summed E-state index contributed by atoms with van der Waals surface area (Å²) >= 11 is 0. The zero-order valence-electron chi connectivity index (χ0n) is 16.9. The van der Waals surface area contributed by atoms with Gasteiger partial charge in [0, 0.05) is 32.0 Å². The molecule has 1 amide bonds. The van der Waals surface area contributed by atoms with Crippen molar-refractivity contribution >= 4 is 27.6 Å². The van der Waals surface area contributed by atoms with Crippen molar-refractivity contribution < 1.29 is 41.0 Å². The number of rotatable bonds is 7. The average Bonchev–Trinajstić information content (AvgIpc) is 2.77. The summed E-state index contributed by atoms with van der Waals surface area (Å²) in [5.41, 5.74) is 0.583. The van der Waals surface area contributed by atoms with Crippen LogP contribution in [-0.4, -0.2) is 78.2 Å². The maximum Gasteiger partial charge on any atom is 0.573 e. The number of nitrogens with one attached hydrogen (secondary N) is 1. The number of ether oxygens (including phenoxy) is 1. The third-order valence-corrected chi connectivity index (χ3v) is 6.66. The number of alkyl halides is 3. The van der Waals surface area contributed by atoms with E-state index in [1.54, 1.807) is 18.3 Å². The first-order valence-electron chi connectivity index (χ1n) is 9.49. The molecule has 0 unspecified atom stereocenters. The van der Waals surface area contributed by atoms with Gasteiger partial charge < -0.3 is 20.1 Å². The molecular weight excluding hydrogens is 469 g/mol. The number of hydrogen-bond acceptors (Lipinski definition) is 7. The third-order valence-electron chi connectivity index (χ3n) is 4.74. The molecule has 2 heterocycles. The number of piperazine rings is 1. The van der Waals surface area contributed by atoms with E-state index >= 15 is 0 Å². The highest BCUT2D eigenvalue weighted by Crippen LogP contribution is 2.27. The van der Waals surface area contributed by atoms with Crippen molar-refractivity contribution in [2.24, 2.45) is 0 Å². The van der Waals surface area contributed by atoms with Crippen LogP contribution < -0.4 is 10.1 Å². The normalized spacial score (nSPS) is 17.4. The molecule has 1 fully saturated rings. The topological polar surface area (TPSA) is 129 Å². The molecule has 14 heteroatoms. The van der Waals surface area contributed by atoms with Crippen molar-refractivity contribution in [2.45, 2.75) is 17.3 Å². The Labute approximate surface area is 186 Å². The van der Waals surface area contributed by atoms with Gasteiger partial charge in [-0.3, -0.25) is 14.6 Å². The maximum absolute atomic E-state index is 13.0. The van der Waals surface area contributed by atoms with E-state index in [0.29, 0.717) is 9.99 Å². The molecule has 3 rings (SSSR count). The van der Waals surface area contributed by atoms with Crippen LogP contribution in [0.3, 0.4) is 0 Å². The molecular formula is C19H19F3N4O6S. The summed E-state index contributed by atoms with van der Waals surface area (Å²) in [6.45, 7) is -0.909. The number of carboxylic acid groups (broad SMARTS) is 1. The Hall–Kier alpha value is -3.39. The van der Waals surface area contributed by atoms with Gasteiger partial charge in [-0.1, -0.05) is 0 Å². The van der Waals surface area contributed by atoms with E-state index in [9.17, 15) is 36.3 Å². The van der Waals surface area contributed by atoms with Crippen LogP contribution in [0, 0.1) is 0 Å². The number of carbonyl (C=O) groups excluding carboxylic acids is 1. The molecule has 1 aromatic carbocycles. The smallest absolute Gasteiger partial charge is 0.480 e. The number of hydrogen-bond donors (Lipinski definition) is 2. The molecule has 1 aliphatic heterocycles. The first-order valence-corrected chi connectivity index (χ1v) is 10.9. The lowest BCUT2D eigenvalue weighted by Crippen LogP contribution is -2.59. The number of carboxylic acids is 1. The maximum atomic E-state index is 13.0. The number of sulfonamides is 1. The zero-order chi connectivity index (χ0) is 24.2. The van der Waals surface area contributed by atoms with E-state index in [0.717, 1.165) is 24.3 Å². The van der Waals surface area contributed by atoms with Crippen molar-refractivity contribution in [1.82, 2.24) is 14.2 Å². The van der Waals surface area contributed by atoms with Crippen LogP contribution in [0.25, 0.3) is 0 Å². The summed E-state index contributed by atoms with van der Waals surface area (Å²) in [6.07, 6.45) is -1.88. The number of benzene rings is 1. The zero-order valence-corrected chi connectivity index (χ0v) is 17.7. The summed E-state index contributed by atoms with van der Waals surface area (Å²) in [6, 6.07) is 5.21. The third kappa shape index (κ3) is 6.10. The predicted molar refractivity (Wildman–Crippen MR) is 108 cm³/mol. The number of aromatic nitrogens is 1. The van der Waals surface area contributed by atoms with Gasteiger partial charge in [-0.05, 0) is 36.4 Å². The number of pyridine rings is 1. The standard InChI is InChI=1S/C19H19F3N4O6S/c20-19(21,22)32-14-3-5-15(6-4-14)33(30,31)26-9-8-25(12-16(26)18(28)29)17(27)11-24-13-2-1-7-23-10-13/h1-7,10,16,24H,8-9,11-12H2,(H,28,29)/t16-/m1/s1. The lowest BCUT2D eigenvalue weighted by molar-refractivity contribution is -0.274. The minimum Gasteiger partial charge on any atom is -0.480 e. The fourth-order valence-electron chi connectivity index (χ4n) is 3.19. The van der Waals surface area contributed by atoms with E-state index in [1.165, 1.54) is 11.1 Å². The molecule has 2 N–H and O–H groups in total. The molecule has 0 spiro atoms. The second kappa shape index (κ2) is 9.62. The van der Waals surface area contributed by atoms with Crippen LogP contribution in [0.4, 0.5) is 18.9 Å². The molecule has 33 heavy (non-hydrogen) atoms. The molecule has 2 aromatic rings. The molecule has 178 valence electrons. The highest BCUT2D eigenvalue weighted by molar-refractivity contribution is 7.89. The molecule has 1 aromatic heterocycles. The van der Waals surface area contributed by atoms with Crippen LogP contribution in [0.5, 0.6) is 5.75 Å². The lowest BCUT2D eigenvalue weighted by Gasteiger charge is -2.38. The molecule has 10 nitrogen and oxygen atoms in total. The second-order valence-electron chi connectivity index (χ2n) is 6.92.